The molecule has 1 saturated carbocycles. The summed E-state index contributed by atoms with van der Waals surface area (Å²) in [6.45, 7) is 1.96. The third-order valence-electron chi connectivity index (χ3n) is 6.77. The Kier molecular flexibility index (Phi) is 5.80. The van der Waals surface area contributed by atoms with Gasteiger partial charge in [-0.1, -0.05) is 12.8 Å². The number of hydrogen-bond acceptors (Lipinski definition) is 4. The molecule has 33 heavy (non-hydrogen) atoms. The molecule has 0 aliphatic heterocycles. The first-order valence-electron chi connectivity index (χ1n) is 11.1. The summed E-state index contributed by atoms with van der Waals surface area (Å²) in [5, 5.41) is 5.37. The number of nitrogens with zero attached hydrogens (tertiary/aromatic N) is 5. The lowest BCUT2D eigenvalue weighted by molar-refractivity contribution is 0.705. The minimum atomic E-state index is -0.0608. The minimum Gasteiger partial charge on any atom is -0.318 e. The lowest BCUT2D eigenvalue weighted by atomic mass is 9.90. The van der Waals surface area contributed by atoms with Gasteiger partial charge < -0.3 is 9.13 Å². The zero-order valence-electron chi connectivity index (χ0n) is 19.1. The fraction of sp³-hybridized carbons (Fsp3) is 0.375. The Balaban J connectivity index is 1.87. The fourth-order valence-electron chi connectivity index (χ4n) is 5.15. The lowest BCUT2D eigenvalue weighted by Gasteiger charge is -2.18. The number of rotatable bonds is 4. The number of pyridine rings is 2. The first-order chi connectivity index (χ1) is 15.8. The molecule has 0 radical (unpaired) electrons. The molecule has 9 heteroatoms. The maximum Gasteiger partial charge on any atom is 0.275 e. The van der Waals surface area contributed by atoms with Gasteiger partial charge in [-0.05, 0) is 48.9 Å². The molecule has 5 rings (SSSR count). The fourth-order valence-corrected chi connectivity index (χ4v) is 6.84. The van der Waals surface area contributed by atoms with E-state index in [-0.39, 0.29) is 11.1 Å². The topological polar surface area (TPSA) is 66.8 Å². The molecule has 7 nitrogen and oxygen atoms in total. The van der Waals surface area contributed by atoms with Crippen molar-refractivity contribution in [1.82, 2.24) is 22.9 Å². The number of aromatic nitrogens is 5. The average molecular weight is 575 g/mol. The SMILES string of the molecule is Cc1cc(-c2cc3c(-c4cc(=O)n(C)cc4C4CCCC4)cn(C)c(=O)c3n2SI)n(C)n1. The molecular formula is C24H26IN5O2S. The summed E-state index contributed by atoms with van der Waals surface area (Å²) in [7, 11) is 6.98. The van der Waals surface area contributed by atoms with Crippen molar-refractivity contribution in [3.8, 4) is 22.5 Å². The van der Waals surface area contributed by atoms with E-state index >= 15 is 0 Å². The quantitative estimate of drug-likeness (QED) is 0.324. The van der Waals surface area contributed by atoms with E-state index in [9.17, 15) is 9.59 Å². The molecule has 1 aliphatic carbocycles. The Morgan fingerprint density at radius 1 is 0.970 bits per heavy atom. The lowest BCUT2D eigenvalue weighted by Crippen LogP contribution is -2.20. The van der Waals surface area contributed by atoms with Crippen molar-refractivity contribution in [1.29, 1.82) is 0 Å². The summed E-state index contributed by atoms with van der Waals surface area (Å²) in [6.07, 6.45) is 8.57. The Morgan fingerprint density at radius 2 is 1.70 bits per heavy atom. The molecular weight excluding hydrogens is 549 g/mol. The molecule has 4 heterocycles. The van der Waals surface area contributed by atoms with Gasteiger partial charge in [0, 0.05) is 80.9 Å². The van der Waals surface area contributed by atoms with Crippen LogP contribution in [0.4, 0.5) is 0 Å². The third-order valence-corrected chi connectivity index (χ3v) is 8.47. The van der Waals surface area contributed by atoms with E-state index in [0.29, 0.717) is 11.4 Å². The van der Waals surface area contributed by atoms with Crippen LogP contribution in [0.15, 0.2) is 40.2 Å². The number of fused-ring (bicyclic) bond motifs is 1. The molecule has 1 fully saturated rings. The minimum absolute atomic E-state index is 0.0427. The average Bonchev–Trinajstić information content (AvgIpc) is 3.50. The monoisotopic (exact) mass is 575 g/mol. The van der Waals surface area contributed by atoms with Crippen molar-refractivity contribution in [2.75, 3.05) is 0 Å². The van der Waals surface area contributed by atoms with Crippen LogP contribution in [0.2, 0.25) is 0 Å². The molecule has 4 aromatic heterocycles. The highest BCUT2D eigenvalue weighted by Crippen LogP contribution is 2.42. The maximum absolute atomic E-state index is 13.3. The molecule has 172 valence electrons. The van der Waals surface area contributed by atoms with Gasteiger partial charge in [0.1, 0.15) is 5.52 Å². The number of hydrogen-bond donors (Lipinski definition) is 0. The van der Waals surface area contributed by atoms with Gasteiger partial charge in [0.05, 0.1) is 17.1 Å². The van der Waals surface area contributed by atoms with E-state index in [1.807, 2.05) is 48.1 Å². The van der Waals surface area contributed by atoms with Crippen LogP contribution in [-0.2, 0) is 21.1 Å². The summed E-state index contributed by atoms with van der Waals surface area (Å²) in [5.41, 5.74) is 6.37. The molecule has 0 atom stereocenters. The summed E-state index contributed by atoms with van der Waals surface area (Å²) in [6, 6.07) is 5.85. The van der Waals surface area contributed by atoms with Crippen LogP contribution in [0, 0.1) is 6.92 Å². The Morgan fingerprint density at radius 3 is 2.33 bits per heavy atom. The van der Waals surface area contributed by atoms with E-state index in [0.717, 1.165) is 46.4 Å². The largest absolute Gasteiger partial charge is 0.318 e. The zero-order chi connectivity index (χ0) is 23.4. The van der Waals surface area contributed by atoms with Crippen LogP contribution in [0.25, 0.3) is 33.4 Å². The summed E-state index contributed by atoms with van der Waals surface area (Å²) in [5.74, 6) is 0.430. The summed E-state index contributed by atoms with van der Waals surface area (Å²) in [4.78, 5) is 26.1. The van der Waals surface area contributed by atoms with Gasteiger partial charge >= 0.3 is 0 Å². The molecule has 1 aliphatic rings. The summed E-state index contributed by atoms with van der Waals surface area (Å²) >= 11 is 2.22. The van der Waals surface area contributed by atoms with Gasteiger partial charge in [0.15, 0.2) is 0 Å². The van der Waals surface area contributed by atoms with E-state index in [2.05, 4.69) is 32.4 Å². The Bertz CT molecular complexity index is 1500. The van der Waals surface area contributed by atoms with Crippen molar-refractivity contribution in [2.45, 2.75) is 38.5 Å². The second-order valence-corrected chi connectivity index (χ2v) is 10.7. The van der Waals surface area contributed by atoms with E-state index in [1.54, 1.807) is 22.2 Å². The van der Waals surface area contributed by atoms with Crippen LogP contribution in [0.3, 0.4) is 0 Å². The Hall–Kier alpha value is -2.27. The standard InChI is InChI=1S/C24H26IN5O2S/c1-14-9-20(29(4)26-14)21-10-17-19(13-28(3)24(32)23(17)30(21)33-25)16-11-22(31)27(2)12-18(16)15-7-5-6-8-15/h9-13,15H,5-8H2,1-4H3. The second-order valence-electron chi connectivity index (χ2n) is 8.98. The van der Waals surface area contributed by atoms with Crippen LogP contribution in [0.1, 0.15) is 42.9 Å². The normalized spacial score (nSPS) is 14.6. The van der Waals surface area contributed by atoms with Gasteiger partial charge in [0.25, 0.3) is 11.1 Å². The van der Waals surface area contributed by atoms with Crippen LogP contribution in [-0.4, -0.2) is 22.9 Å². The summed E-state index contributed by atoms with van der Waals surface area (Å²) < 4.78 is 7.13. The van der Waals surface area contributed by atoms with Crippen molar-refractivity contribution in [3.63, 3.8) is 0 Å². The highest BCUT2D eigenvalue weighted by atomic mass is 127. The molecule has 0 unspecified atom stereocenters. The molecule has 0 N–H and O–H groups in total. The van der Waals surface area contributed by atoms with Gasteiger partial charge in [-0.3, -0.25) is 18.2 Å². The second kappa shape index (κ2) is 8.50. The maximum atomic E-state index is 13.3. The Labute approximate surface area is 208 Å². The van der Waals surface area contributed by atoms with Gasteiger partial charge in [-0.2, -0.15) is 5.10 Å². The van der Waals surface area contributed by atoms with E-state index < -0.39 is 0 Å². The number of aryl methyl sites for hydroxylation is 4. The number of halogens is 1. The predicted molar refractivity (Wildman–Crippen MR) is 143 cm³/mol. The van der Waals surface area contributed by atoms with Crippen LogP contribution < -0.4 is 11.1 Å². The van der Waals surface area contributed by atoms with Gasteiger partial charge in [-0.25, -0.2) is 0 Å². The van der Waals surface area contributed by atoms with E-state index in [1.165, 1.54) is 27.5 Å². The molecule has 0 spiro atoms. The first-order valence-corrected chi connectivity index (χ1v) is 14.4. The molecule has 0 amide bonds. The van der Waals surface area contributed by atoms with Crippen molar-refractivity contribution >= 4 is 41.2 Å². The van der Waals surface area contributed by atoms with Crippen LogP contribution >= 0.6 is 30.3 Å². The highest BCUT2D eigenvalue weighted by molar-refractivity contribution is 14.2. The molecule has 0 saturated heterocycles. The van der Waals surface area contributed by atoms with Crippen molar-refractivity contribution in [2.24, 2.45) is 21.1 Å². The predicted octanol–water partition coefficient (Wildman–Crippen LogP) is 4.92. The molecule has 0 bridgehead atoms. The smallest absolute Gasteiger partial charge is 0.275 e. The first kappa shape index (κ1) is 22.5. The van der Waals surface area contributed by atoms with E-state index in [4.69, 9.17) is 0 Å². The van der Waals surface area contributed by atoms with Gasteiger partial charge in [-0.15, -0.1) is 0 Å². The van der Waals surface area contributed by atoms with Crippen LogP contribution in [0.5, 0.6) is 0 Å². The zero-order valence-corrected chi connectivity index (χ0v) is 22.1. The third kappa shape index (κ3) is 3.69. The van der Waals surface area contributed by atoms with Gasteiger partial charge in [0.2, 0.25) is 0 Å². The van der Waals surface area contributed by atoms with Crippen molar-refractivity contribution < 1.29 is 0 Å². The molecule has 0 aromatic carbocycles. The van der Waals surface area contributed by atoms with Crippen molar-refractivity contribution in [3.05, 3.63) is 62.6 Å². The molecule has 4 aromatic rings. The highest BCUT2D eigenvalue weighted by Gasteiger charge is 2.25.